The SMILES string of the molecule is Cc1nc2c(c(C3CCCC3)nn2C(C)c2ccc(C(F)(F)F)cn2)c(=O)[nH]1. The van der Waals surface area contributed by atoms with Gasteiger partial charge in [-0.3, -0.25) is 9.78 Å². The molecule has 3 heterocycles. The predicted octanol–water partition coefficient (Wildman–Crippen LogP) is 4.11. The fourth-order valence-electron chi connectivity index (χ4n) is 3.88. The van der Waals surface area contributed by atoms with Crippen LogP contribution in [0.5, 0.6) is 0 Å². The number of nitrogens with one attached hydrogen (secondary N) is 1. The molecule has 3 aromatic rings. The third-order valence-corrected chi connectivity index (χ3v) is 5.36. The van der Waals surface area contributed by atoms with Crippen molar-refractivity contribution in [3.8, 4) is 0 Å². The van der Waals surface area contributed by atoms with Gasteiger partial charge in [-0.25, -0.2) is 9.67 Å². The van der Waals surface area contributed by atoms with E-state index < -0.39 is 17.8 Å². The monoisotopic (exact) mass is 391 g/mol. The third-order valence-electron chi connectivity index (χ3n) is 5.36. The second kappa shape index (κ2) is 6.72. The summed E-state index contributed by atoms with van der Waals surface area (Å²) >= 11 is 0. The zero-order valence-corrected chi connectivity index (χ0v) is 15.5. The second-order valence-corrected chi connectivity index (χ2v) is 7.31. The van der Waals surface area contributed by atoms with E-state index in [9.17, 15) is 18.0 Å². The van der Waals surface area contributed by atoms with Gasteiger partial charge in [0, 0.05) is 12.1 Å². The van der Waals surface area contributed by atoms with Gasteiger partial charge in [-0.2, -0.15) is 18.3 Å². The van der Waals surface area contributed by atoms with Gasteiger partial charge in [0.15, 0.2) is 5.65 Å². The van der Waals surface area contributed by atoms with Crippen LogP contribution >= 0.6 is 0 Å². The summed E-state index contributed by atoms with van der Waals surface area (Å²) < 4.78 is 40.0. The van der Waals surface area contributed by atoms with Gasteiger partial charge in [0.25, 0.3) is 5.56 Å². The molecule has 0 radical (unpaired) electrons. The molecule has 9 heteroatoms. The molecule has 1 aliphatic rings. The summed E-state index contributed by atoms with van der Waals surface area (Å²) in [5, 5.41) is 5.16. The Balaban J connectivity index is 1.82. The van der Waals surface area contributed by atoms with Crippen LogP contribution in [0.1, 0.15) is 67.3 Å². The molecular formula is C19H20F3N5O. The minimum absolute atomic E-state index is 0.196. The molecule has 0 amide bonds. The summed E-state index contributed by atoms with van der Waals surface area (Å²) in [5.74, 6) is 0.659. The number of nitrogens with zero attached hydrogens (tertiary/aromatic N) is 4. The molecule has 148 valence electrons. The summed E-state index contributed by atoms with van der Waals surface area (Å²) in [6, 6.07) is 1.89. The van der Waals surface area contributed by atoms with E-state index in [1.165, 1.54) is 6.07 Å². The molecule has 4 rings (SSSR count). The number of halogens is 3. The van der Waals surface area contributed by atoms with E-state index in [0.717, 1.165) is 43.6 Å². The van der Waals surface area contributed by atoms with Crippen molar-refractivity contribution in [2.75, 3.05) is 0 Å². The van der Waals surface area contributed by atoms with Crippen LogP contribution in [0.2, 0.25) is 0 Å². The van der Waals surface area contributed by atoms with E-state index in [2.05, 4.69) is 15.0 Å². The number of alkyl halides is 3. The molecule has 0 saturated heterocycles. The average Bonchev–Trinajstić information content (AvgIpc) is 3.28. The van der Waals surface area contributed by atoms with Gasteiger partial charge in [-0.15, -0.1) is 0 Å². The molecule has 0 aromatic carbocycles. The summed E-state index contributed by atoms with van der Waals surface area (Å²) in [5.41, 5.74) is 0.557. The summed E-state index contributed by atoms with van der Waals surface area (Å²) in [4.78, 5) is 23.8. The van der Waals surface area contributed by atoms with E-state index in [-0.39, 0.29) is 11.5 Å². The van der Waals surface area contributed by atoms with Crippen LogP contribution in [-0.4, -0.2) is 24.7 Å². The number of fused-ring (bicyclic) bond motifs is 1. The van der Waals surface area contributed by atoms with Crippen molar-refractivity contribution < 1.29 is 13.2 Å². The van der Waals surface area contributed by atoms with Gasteiger partial charge >= 0.3 is 6.18 Å². The molecule has 1 aliphatic carbocycles. The highest BCUT2D eigenvalue weighted by Crippen LogP contribution is 2.37. The van der Waals surface area contributed by atoms with Crippen molar-refractivity contribution in [1.29, 1.82) is 0 Å². The lowest BCUT2D eigenvalue weighted by atomic mass is 10.0. The first kappa shape index (κ1) is 18.6. The van der Waals surface area contributed by atoms with Gasteiger partial charge < -0.3 is 4.98 Å². The molecular weight excluding hydrogens is 371 g/mol. The highest BCUT2D eigenvalue weighted by atomic mass is 19.4. The minimum atomic E-state index is -4.44. The fraction of sp³-hybridized carbons (Fsp3) is 0.474. The number of aromatic amines is 1. The van der Waals surface area contributed by atoms with Crippen LogP contribution in [0.15, 0.2) is 23.1 Å². The van der Waals surface area contributed by atoms with E-state index in [4.69, 9.17) is 5.10 Å². The van der Waals surface area contributed by atoms with Crippen molar-refractivity contribution in [3.63, 3.8) is 0 Å². The Labute approximate surface area is 158 Å². The number of H-pyrrole nitrogens is 1. The lowest BCUT2D eigenvalue weighted by Gasteiger charge is -2.14. The van der Waals surface area contributed by atoms with Crippen molar-refractivity contribution in [2.24, 2.45) is 0 Å². The topological polar surface area (TPSA) is 76.5 Å². The molecule has 1 saturated carbocycles. The highest BCUT2D eigenvalue weighted by Gasteiger charge is 2.31. The fourth-order valence-corrected chi connectivity index (χ4v) is 3.88. The maximum Gasteiger partial charge on any atom is 0.417 e. The lowest BCUT2D eigenvalue weighted by Crippen LogP contribution is -2.14. The average molecular weight is 391 g/mol. The van der Waals surface area contributed by atoms with Crippen molar-refractivity contribution in [1.82, 2.24) is 24.7 Å². The van der Waals surface area contributed by atoms with E-state index >= 15 is 0 Å². The molecule has 1 unspecified atom stereocenters. The Kier molecular flexibility index (Phi) is 4.47. The zero-order valence-electron chi connectivity index (χ0n) is 15.5. The van der Waals surface area contributed by atoms with Crippen LogP contribution in [-0.2, 0) is 6.18 Å². The first-order valence-electron chi connectivity index (χ1n) is 9.28. The minimum Gasteiger partial charge on any atom is -0.310 e. The van der Waals surface area contributed by atoms with Gasteiger partial charge in [0.2, 0.25) is 0 Å². The quantitative estimate of drug-likeness (QED) is 0.729. The van der Waals surface area contributed by atoms with Crippen molar-refractivity contribution >= 4 is 11.0 Å². The largest absolute Gasteiger partial charge is 0.417 e. The van der Waals surface area contributed by atoms with Crippen molar-refractivity contribution in [2.45, 2.75) is 57.7 Å². The number of aryl methyl sites for hydroxylation is 1. The van der Waals surface area contributed by atoms with Gasteiger partial charge in [0.1, 0.15) is 11.2 Å². The van der Waals surface area contributed by atoms with Gasteiger partial charge in [0.05, 0.1) is 23.0 Å². The Hall–Kier alpha value is -2.71. The van der Waals surface area contributed by atoms with Crippen LogP contribution < -0.4 is 5.56 Å². The smallest absolute Gasteiger partial charge is 0.310 e. The maximum atomic E-state index is 12.8. The van der Waals surface area contributed by atoms with Crippen LogP contribution in [0.4, 0.5) is 13.2 Å². The molecule has 3 aromatic heterocycles. The lowest BCUT2D eigenvalue weighted by molar-refractivity contribution is -0.137. The molecule has 6 nitrogen and oxygen atoms in total. The second-order valence-electron chi connectivity index (χ2n) is 7.31. The summed E-state index contributed by atoms with van der Waals surface area (Å²) in [6.45, 7) is 3.48. The molecule has 1 fully saturated rings. The number of pyridine rings is 1. The Bertz CT molecular complexity index is 1060. The third kappa shape index (κ3) is 3.18. The first-order chi connectivity index (χ1) is 13.3. The van der Waals surface area contributed by atoms with Crippen LogP contribution in [0.3, 0.4) is 0 Å². The number of aromatic nitrogens is 5. The summed E-state index contributed by atoms with van der Waals surface area (Å²) in [7, 11) is 0. The molecule has 0 bridgehead atoms. The molecule has 1 atom stereocenters. The molecule has 0 spiro atoms. The zero-order chi connectivity index (χ0) is 20.1. The normalized spacial score (nSPS) is 16.8. The first-order valence-corrected chi connectivity index (χ1v) is 9.28. The Morgan fingerprint density at radius 2 is 1.96 bits per heavy atom. The standard InChI is InChI=1S/C19H20F3N5O/c1-10(14-8-7-13(9-23-14)19(20,21)22)27-17-15(18(28)25-11(2)24-17)16(26-27)12-5-3-4-6-12/h7-10,12H,3-6H2,1-2H3,(H,24,25,28). The molecule has 0 aliphatic heterocycles. The van der Waals surface area contributed by atoms with Crippen LogP contribution in [0.25, 0.3) is 11.0 Å². The highest BCUT2D eigenvalue weighted by molar-refractivity contribution is 5.78. The van der Waals surface area contributed by atoms with Crippen molar-refractivity contribution in [3.05, 3.63) is 51.5 Å². The number of rotatable bonds is 3. The Morgan fingerprint density at radius 3 is 2.57 bits per heavy atom. The van der Waals surface area contributed by atoms with Crippen LogP contribution in [0, 0.1) is 6.92 Å². The predicted molar refractivity (Wildman–Crippen MR) is 97.1 cm³/mol. The number of hydrogen-bond acceptors (Lipinski definition) is 4. The van der Waals surface area contributed by atoms with E-state index in [0.29, 0.717) is 22.6 Å². The molecule has 1 N–H and O–H groups in total. The molecule has 28 heavy (non-hydrogen) atoms. The van der Waals surface area contributed by atoms with Gasteiger partial charge in [-0.1, -0.05) is 12.8 Å². The Morgan fingerprint density at radius 1 is 1.25 bits per heavy atom. The number of hydrogen-bond donors (Lipinski definition) is 1. The maximum absolute atomic E-state index is 12.8. The van der Waals surface area contributed by atoms with Gasteiger partial charge in [-0.05, 0) is 38.8 Å². The summed E-state index contributed by atoms with van der Waals surface area (Å²) in [6.07, 6.45) is 0.493. The van der Waals surface area contributed by atoms with E-state index in [1.807, 2.05) is 0 Å². The van der Waals surface area contributed by atoms with E-state index in [1.54, 1.807) is 18.5 Å².